The molecule has 2 heterocycles. The second-order valence-corrected chi connectivity index (χ2v) is 6.82. The van der Waals surface area contributed by atoms with Gasteiger partial charge >= 0.3 is 0 Å². The SMILES string of the molecule is CCNCc1cn[nH]c1S(=O)(=O)NCC1CN(C)CCO1. The van der Waals surface area contributed by atoms with Gasteiger partial charge in [-0.2, -0.15) is 5.10 Å². The molecule has 2 rings (SSSR count). The van der Waals surface area contributed by atoms with Crippen molar-refractivity contribution in [2.24, 2.45) is 0 Å². The molecule has 0 aliphatic carbocycles. The zero-order valence-electron chi connectivity index (χ0n) is 12.4. The maximum absolute atomic E-state index is 12.3. The van der Waals surface area contributed by atoms with Gasteiger partial charge in [-0.15, -0.1) is 0 Å². The molecule has 0 amide bonds. The van der Waals surface area contributed by atoms with Crippen LogP contribution in [0.1, 0.15) is 12.5 Å². The predicted molar refractivity (Wildman–Crippen MR) is 78.4 cm³/mol. The van der Waals surface area contributed by atoms with Crippen LogP contribution in [-0.4, -0.2) is 69.5 Å². The van der Waals surface area contributed by atoms with Gasteiger partial charge in [-0.25, -0.2) is 13.1 Å². The van der Waals surface area contributed by atoms with Crippen molar-refractivity contribution in [1.29, 1.82) is 0 Å². The van der Waals surface area contributed by atoms with Crippen LogP contribution in [0.3, 0.4) is 0 Å². The van der Waals surface area contributed by atoms with Gasteiger partial charge in [0.2, 0.25) is 0 Å². The lowest BCUT2D eigenvalue weighted by atomic mass is 10.3. The van der Waals surface area contributed by atoms with Crippen LogP contribution in [-0.2, 0) is 21.3 Å². The van der Waals surface area contributed by atoms with Gasteiger partial charge in [0, 0.05) is 31.7 Å². The summed E-state index contributed by atoms with van der Waals surface area (Å²) in [7, 11) is -1.61. The summed E-state index contributed by atoms with van der Waals surface area (Å²) >= 11 is 0. The van der Waals surface area contributed by atoms with Gasteiger partial charge in [0.15, 0.2) is 5.03 Å². The van der Waals surface area contributed by atoms with Gasteiger partial charge in [-0.05, 0) is 13.6 Å². The molecule has 3 N–H and O–H groups in total. The molecule has 8 nitrogen and oxygen atoms in total. The number of nitrogens with one attached hydrogen (secondary N) is 3. The number of H-pyrrole nitrogens is 1. The van der Waals surface area contributed by atoms with Crippen LogP contribution in [0.4, 0.5) is 0 Å². The Morgan fingerprint density at radius 2 is 2.38 bits per heavy atom. The van der Waals surface area contributed by atoms with E-state index >= 15 is 0 Å². The van der Waals surface area contributed by atoms with Crippen molar-refractivity contribution in [1.82, 2.24) is 25.1 Å². The molecule has 21 heavy (non-hydrogen) atoms. The molecular formula is C12H23N5O3S. The summed E-state index contributed by atoms with van der Waals surface area (Å²) in [5.41, 5.74) is 0.631. The summed E-state index contributed by atoms with van der Waals surface area (Å²) in [6.07, 6.45) is 1.40. The molecule has 0 saturated carbocycles. The highest BCUT2D eigenvalue weighted by molar-refractivity contribution is 7.89. The first-order chi connectivity index (χ1) is 10.0. The maximum Gasteiger partial charge on any atom is 0.257 e. The number of hydrogen-bond acceptors (Lipinski definition) is 6. The van der Waals surface area contributed by atoms with Crippen LogP contribution in [0.25, 0.3) is 0 Å². The molecule has 1 unspecified atom stereocenters. The van der Waals surface area contributed by atoms with E-state index in [2.05, 4.69) is 25.1 Å². The summed E-state index contributed by atoms with van der Waals surface area (Å²) in [5, 5.41) is 9.59. The minimum absolute atomic E-state index is 0.118. The van der Waals surface area contributed by atoms with E-state index in [1.165, 1.54) is 6.20 Å². The molecule has 9 heteroatoms. The normalized spacial score (nSPS) is 20.8. The lowest BCUT2D eigenvalue weighted by Gasteiger charge is -2.29. The van der Waals surface area contributed by atoms with Crippen LogP contribution in [0.5, 0.6) is 0 Å². The fraction of sp³-hybridized carbons (Fsp3) is 0.750. The number of morpholine rings is 1. The van der Waals surface area contributed by atoms with Gasteiger partial charge in [-0.3, -0.25) is 5.10 Å². The maximum atomic E-state index is 12.3. The highest BCUT2D eigenvalue weighted by Crippen LogP contribution is 2.12. The Labute approximate surface area is 125 Å². The fourth-order valence-corrected chi connectivity index (χ4v) is 3.38. The average molecular weight is 317 g/mol. The molecule has 1 aromatic rings. The van der Waals surface area contributed by atoms with E-state index in [1.54, 1.807) is 0 Å². The van der Waals surface area contributed by atoms with E-state index in [-0.39, 0.29) is 17.7 Å². The molecule has 0 bridgehead atoms. The highest BCUT2D eigenvalue weighted by Gasteiger charge is 2.24. The Morgan fingerprint density at radius 3 is 3.10 bits per heavy atom. The van der Waals surface area contributed by atoms with Crippen LogP contribution in [0, 0.1) is 0 Å². The van der Waals surface area contributed by atoms with Crippen LogP contribution < -0.4 is 10.0 Å². The Balaban J connectivity index is 1.96. The van der Waals surface area contributed by atoms with Crippen LogP contribution in [0.15, 0.2) is 11.2 Å². The number of nitrogens with zero attached hydrogens (tertiary/aromatic N) is 2. The van der Waals surface area contributed by atoms with Crippen molar-refractivity contribution in [3.8, 4) is 0 Å². The third kappa shape index (κ3) is 4.48. The summed E-state index contributed by atoms with van der Waals surface area (Å²) in [4.78, 5) is 2.12. The molecule has 1 aliphatic heterocycles. The average Bonchev–Trinajstić information content (AvgIpc) is 2.92. The number of rotatable bonds is 7. The molecule has 1 aliphatic rings. The smallest absolute Gasteiger partial charge is 0.257 e. The molecule has 1 aromatic heterocycles. The Morgan fingerprint density at radius 1 is 1.57 bits per heavy atom. The van der Waals surface area contributed by atoms with Crippen molar-refractivity contribution in [3.63, 3.8) is 0 Å². The first kappa shape index (κ1) is 16.4. The first-order valence-electron chi connectivity index (χ1n) is 7.05. The monoisotopic (exact) mass is 317 g/mol. The largest absolute Gasteiger partial charge is 0.374 e. The molecule has 0 aromatic carbocycles. The minimum Gasteiger partial charge on any atom is -0.374 e. The molecular weight excluding hydrogens is 294 g/mol. The van der Waals surface area contributed by atoms with Gasteiger partial charge in [-0.1, -0.05) is 6.92 Å². The fourth-order valence-electron chi connectivity index (χ4n) is 2.18. The summed E-state index contributed by atoms with van der Waals surface area (Å²) in [6, 6.07) is 0. The molecule has 0 radical (unpaired) electrons. The molecule has 1 atom stereocenters. The third-order valence-corrected chi connectivity index (χ3v) is 4.79. The van der Waals surface area contributed by atoms with E-state index in [9.17, 15) is 8.42 Å². The second kappa shape index (κ2) is 7.32. The Bertz CT molecular complexity index is 545. The third-order valence-electron chi connectivity index (χ3n) is 3.36. The molecule has 1 fully saturated rings. The second-order valence-electron chi connectivity index (χ2n) is 5.11. The zero-order valence-corrected chi connectivity index (χ0v) is 13.2. The van der Waals surface area contributed by atoms with Gasteiger partial charge in [0.05, 0.1) is 18.9 Å². The topological polar surface area (TPSA) is 99.3 Å². The lowest BCUT2D eigenvalue weighted by Crippen LogP contribution is -2.46. The number of aromatic nitrogens is 2. The van der Waals surface area contributed by atoms with Crippen molar-refractivity contribution in [3.05, 3.63) is 11.8 Å². The number of sulfonamides is 1. The van der Waals surface area contributed by atoms with Gasteiger partial charge in [0.25, 0.3) is 10.0 Å². The van der Waals surface area contributed by atoms with Crippen LogP contribution >= 0.6 is 0 Å². The van der Waals surface area contributed by atoms with E-state index in [4.69, 9.17) is 4.74 Å². The number of ether oxygens (including phenoxy) is 1. The zero-order chi connectivity index (χ0) is 15.3. The Hall–Kier alpha value is -1.00. The van der Waals surface area contributed by atoms with E-state index in [0.29, 0.717) is 18.7 Å². The van der Waals surface area contributed by atoms with E-state index in [1.807, 2.05) is 14.0 Å². The summed E-state index contributed by atoms with van der Waals surface area (Å²) in [6.45, 7) is 5.66. The minimum atomic E-state index is -3.60. The van der Waals surface area contributed by atoms with E-state index in [0.717, 1.165) is 19.6 Å². The quantitative estimate of drug-likeness (QED) is 0.604. The molecule has 1 saturated heterocycles. The highest BCUT2D eigenvalue weighted by atomic mass is 32.2. The summed E-state index contributed by atoms with van der Waals surface area (Å²) in [5.74, 6) is 0. The van der Waals surface area contributed by atoms with E-state index < -0.39 is 10.0 Å². The molecule has 120 valence electrons. The summed E-state index contributed by atoms with van der Waals surface area (Å²) < 4.78 is 32.8. The van der Waals surface area contributed by atoms with Gasteiger partial charge in [0.1, 0.15) is 0 Å². The van der Waals surface area contributed by atoms with Gasteiger partial charge < -0.3 is 15.0 Å². The number of aromatic amines is 1. The lowest BCUT2D eigenvalue weighted by molar-refractivity contribution is -0.0156. The Kier molecular flexibility index (Phi) is 5.71. The van der Waals surface area contributed by atoms with Crippen molar-refractivity contribution >= 4 is 10.0 Å². The van der Waals surface area contributed by atoms with Crippen molar-refractivity contribution < 1.29 is 13.2 Å². The van der Waals surface area contributed by atoms with Crippen molar-refractivity contribution in [2.45, 2.75) is 24.6 Å². The van der Waals surface area contributed by atoms with Crippen LogP contribution in [0.2, 0.25) is 0 Å². The number of likely N-dealkylation sites (N-methyl/N-ethyl adjacent to an activating group) is 1. The predicted octanol–water partition coefficient (Wildman–Crippen LogP) is -0.872. The number of hydrogen-bond donors (Lipinski definition) is 3. The molecule has 0 spiro atoms. The standard InChI is InChI=1S/C12H23N5O3S/c1-3-13-6-10-7-14-16-12(10)21(18,19)15-8-11-9-17(2)4-5-20-11/h7,11,13,15H,3-6,8-9H2,1-2H3,(H,14,16). The van der Waals surface area contributed by atoms with Crippen molar-refractivity contribution in [2.75, 3.05) is 39.8 Å². The first-order valence-corrected chi connectivity index (χ1v) is 8.54.